The first-order chi connectivity index (χ1) is 14.4. The minimum Gasteiger partial charge on any atom is -0.423 e. The molecular formula is C22H18BNO2. The van der Waals surface area contributed by atoms with Crippen molar-refractivity contribution in [2.45, 2.75) is 0 Å². The zero-order valence-corrected chi connectivity index (χ0v) is 13.8. The first-order valence-corrected chi connectivity index (χ1v) is 8.21. The van der Waals surface area contributed by atoms with Crippen LogP contribution in [0.25, 0.3) is 10.8 Å². The molecule has 4 heteroatoms. The predicted octanol–water partition coefficient (Wildman–Crippen LogP) is 3.99. The molecule has 2 N–H and O–H groups in total. The van der Waals surface area contributed by atoms with E-state index in [0.29, 0.717) is 11.4 Å². The van der Waals surface area contributed by atoms with Crippen LogP contribution in [-0.4, -0.2) is 17.2 Å². The molecule has 0 saturated carbocycles. The molecule has 0 atom stereocenters. The van der Waals surface area contributed by atoms with E-state index in [1.54, 1.807) is 4.90 Å². The SMILES string of the molecule is [2H]c1c([2H])c(N(c2ccccc2)c2cccc3ccccc23)c([2H])c([2H])c1B(O)O. The number of nitrogens with zero attached hydrogens (tertiary/aromatic N) is 1. The molecule has 0 bridgehead atoms. The third-order valence-corrected chi connectivity index (χ3v) is 4.13. The molecule has 4 aromatic rings. The van der Waals surface area contributed by atoms with Gasteiger partial charge in [0.05, 0.1) is 11.2 Å². The number of rotatable bonds is 4. The van der Waals surface area contributed by atoms with Gasteiger partial charge in [0, 0.05) is 16.8 Å². The van der Waals surface area contributed by atoms with Gasteiger partial charge in [-0.2, -0.15) is 0 Å². The maximum atomic E-state index is 9.57. The van der Waals surface area contributed by atoms with Crippen molar-refractivity contribution in [3.8, 4) is 0 Å². The number of fused-ring (bicyclic) bond motifs is 1. The second-order valence-corrected chi connectivity index (χ2v) is 5.81. The van der Waals surface area contributed by atoms with E-state index in [1.807, 2.05) is 72.8 Å². The monoisotopic (exact) mass is 343 g/mol. The normalized spacial score (nSPS) is 12.8. The van der Waals surface area contributed by atoms with Crippen molar-refractivity contribution in [3.05, 3.63) is 97.0 Å². The van der Waals surface area contributed by atoms with Gasteiger partial charge < -0.3 is 14.9 Å². The van der Waals surface area contributed by atoms with E-state index in [4.69, 9.17) is 5.48 Å². The van der Waals surface area contributed by atoms with Crippen LogP contribution in [0.3, 0.4) is 0 Å². The molecule has 3 nitrogen and oxygen atoms in total. The third-order valence-electron chi connectivity index (χ3n) is 4.13. The lowest BCUT2D eigenvalue weighted by molar-refractivity contribution is 0.426. The Morgan fingerprint density at radius 2 is 1.35 bits per heavy atom. The highest BCUT2D eigenvalue weighted by Gasteiger charge is 2.16. The summed E-state index contributed by atoms with van der Waals surface area (Å²) >= 11 is 0. The van der Waals surface area contributed by atoms with Crippen LogP contribution in [-0.2, 0) is 0 Å². The van der Waals surface area contributed by atoms with Crippen LogP contribution in [0.4, 0.5) is 17.1 Å². The van der Waals surface area contributed by atoms with Gasteiger partial charge in [-0.15, -0.1) is 0 Å². The van der Waals surface area contributed by atoms with Crippen LogP contribution in [0.5, 0.6) is 0 Å². The molecule has 0 radical (unpaired) electrons. The van der Waals surface area contributed by atoms with E-state index < -0.39 is 24.7 Å². The highest BCUT2D eigenvalue weighted by molar-refractivity contribution is 6.58. The second-order valence-electron chi connectivity index (χ2n) is 5.81. The molecular weight excluding hydrogens is 321 g/mol. The number of para-hydroxylation sites is 1. The molecule has 0 heterocycles. The molecule has 4 aromatic carbocycles. The minimum atomic E-state index is -2.10. The smallest absolute Gasteiger partial charge is 0.423 e. The number of anilines is 3. The largest absolute Gasteiger partial charge is 0.488 e. The molecule has 0 aromatic heterocycles. The lowest BCUT2D eigenvalue weighted by Gasteiger charge is -2.27. The summed E-state index contributed by atoms with van der Waals surface area (Å²) in [7, 11) is -2.10. The van der Waals surface area contributed by atoms with Crippen molar-refractivity contribution < 1.29 is 15.5 Å². The highest BCUT2D eigenvalue weighted by Crippen LogP contribution is 2.38. The zero-order valence-electron chi connectivity index (χ0n) is 17.8. The third kappa shape index (κ3) is 3.08. The molecule has 0 aliphatic carbocycles. The maximum absolute atomic E-state index is 9.57. The van der Waals surface area contributed by atoms with Crippen molar-refractivity contribution in [3.63, 3.8) is 0 Å². The van der Waals surface area contributed by atoms with Crippen molar-refractivity contribution in [2.24, 2.45) is 0 Å². The molecule has 0 unspecified atom stereocenters. The van der Waals surface area contributed by atoms with Crippen LogP contribution >= 0.6 is 0 Å². The van der Waals surface area contributed by atoms with Crippen LogP contribution in [0.2, 0.25) is 0 Å². The lowest BCUT2D eigenvalue weighted by atomic mass is 9.80. The second kappa shape index (κ2) is 7.04. The van der Waals surface area contributed by atoms with Crippen molar-refractivity contribution in [2.75, 3.05) is 4.90 Å². The summed E-state index contributed by atoms with van der Waals surface area (Å²) in [4.78, 5) is 1.68. The van der Waals surface area contributed by atoms with Crippen LogP contribution < -0.4 is 10.4 Å². The van der Waals surface area contributed by atoms with E-state index in [0.717, 1.165) is 10.8 Å². The summed E-state index contributed by atoms with van der Waals surface area (Å²) in [5.74, 6) is 0. The molecule has 0 amide bonds. The van der Waals surface area contributed by atoms with Crippen LogP contribution in [0, 0.1) is 0 Å². The van der Waals surface area contributed by atoms with E-state index in [-0.39, 0.29) is 17.8 Å². The van der Waals surface area contributed by atoms with E-state index in [2.05, 4.69) is 0 Å². The fourth-order valence-electron chi connectivity index (χ4n) is 2.93. The van der Waals surface area contributed by atoms with Gasteiger partial charge in [-0.25, -0.2) is 0 Å². The van der Waals surface area contributed by atoms with Gasteiger partial charge in [0.15, 0.2) is 0 Å². The predicted molar refractivity (Wildman–Crippen MR) is 108 cm³/mol. The quantitative estimate of drug-likeness (QED) is 0.551. The van der Waals surface area contributed by atoms with Crippen LogP contribution in [0.15, 0.2) is 97.0 Å². The van der Waals surface area contributed by atoms with Gasteiger partial charge >= 0.3 is 7.12 Å². The van der Waals surface area contributed by atoms with Gasteiger partial charge in [-0.3, -0.25) is 0 Å². The van der Waals surface area contributed by atoms with E-state index >= 15 is 0 Å². The molecule has 0 saturated heterocycles. The Balaban J connectivity index is 2.09. The molecule has 26 heavy (non-hydrogen) atoms. The molecule has 0 aliphatic heterocycles. The van der Waals surface area contributed by atoms with E-state index in [1.165, 1.54) is 0 Å². The zero-order chi connectivity index (χ0) is 21.4. The first kappa shape index (κ1) is 12.3. The average molecular weight is 343 g/mol. The molecule has 0 spiro atoms. The summed E-state index contributed by atoms with van der Waals surface area (Å²) in [6, 6.07) is 20.9. The Morgan fingerprint density at radius 1 is 0.692 bits per heavy atom. The maximum Gasteiger partial charge on any atom is 0.488 e. The van der Waals surface area contributed by atoms with Gasteiger partial charge in [0.1, 0.15) is 0 Å². The summed E-state index contributed by atoms with van der Waals surface area (Å²) in [6.45, 7) is 0. The molecule has 4 rings (SSSR count). The number of hydrogen-bond donors (Lipinski definition) is 2. The van der Waals surface area contributed by atoms with Crippen LogP contribution in [0.1, 0.15) is 5.48 Å². The minimum absolute atomic E-state index is 0.0388. The Morgan fingerprint density at radius 3 is 2.08 bits per heavy atom. The number of hydrogen-bond acceptors (Lipinski definition) is 3. The van der Waals surface area contributed by atoms with Gasteiger partial charge in [-0.05, 0) is 41.1 Å². The average Bonchev–Trinajstić information content (AvgIpc) is 2.75. The Labute approximate surface area is 158 Å². The van der Waals surface area contributed by atoms with Gasteiger partial charge in [0.2, 0.25) is 0 Å². The summed E-state index contributed by atoms with van der Waals surface area (Å²) < 4.78 is 33.6. The summed E-state index contributed by atoms with van der Waals surface area (Å²) in [5, 5.41) is 21.0. The highest BCUT2D eigenvalue weighted by atomic mass is 16.4. The fraction of sp³-hybridized carbons (Fsp3) is 0. The Kier molecular flexibility index (Phi) is 3.33. The van der Waals surface area contributed by atoms with E-state index in [9.17, 15) is 10.0 Å². The van der Waals surface area contributed by atoms with Crippen molar-refractivity contribution >= 4 is 40.4 Å². The summed E-state index contributed by atoms with van der Waals surface area (Å²) in [5.41, 5.74) is 0.945. The standard InChI is InChI=1S/C22H18BNO2/c25-23(26)18-13-15-20(16-14-18)24(19-9-2-1-3-10-19)22-12-6-8-17-7-4-5-11-21(17)22/h1-16,25-26H/i13D,14D,15D,16D. The molecule has 126 valence electrons. The fourth-order valence-corrected chi connectivity index (χ4v) is 2.93. The summed E-state index contributed by atoms with van der Waals surface area (Å²) in [6.07, 6.45) is 0. The van der Waals surface area contributed by atoms with Gasteiger partial charge in [0.25, 0.3) is 0 Å². The first-order valence-electron chi connectivity index (χ1n) is 10.2. The Bertz CT molecular complexity index is 1200. The topological polar surface area (TPSA) is 43.7 Å². The van der Waals surface area contributed by atoms with Crippen molar-refractivity contribution in [1.29, 1.82) is 0 Å². The Hall–Kier alpha value is -3.08. The molecule has 0 aliphatic rings. The molecule has 0 fully saturated rings. The van der Waals surface area contributed by atoms with Gasteiger partial charge in [-0.1, -0.05) is 66.7 Å². The van der Waals surface area contributed by atoms with Crippen molar-refractivity contribution in [1.82, 2.24) is 0 Å². The lowest BCUT2D eigenvalue weighted by Crippen LogP contribution is -2.29. The number of benzene rings is 4.